The molecule has 0 spiro atoms. The van der Waals surface area contributed by atoms with E-state index in [2.05, 4.69) is 10.1 Å². The summed E-state index contributed by atoms with van der Waals surface area (Å²) in [5.74, 6) is -0.0985. The van der Waals surface area contributed by atoms with E-state index in [0.717, 1.165) is 6.42 Å². The third-order valence-corrected chi connectivity index (χ3v) is 4.12. The molecule has 0 unspecified atom stereocenters. The first-order valence-electron chi connectivity index (χ1n) is 8.32. The summed E-state index contributed by atoms with van der Waals surface area (Å²) in [4.78, 5) is 26.0. The van der Waals surface area contributed by atoms with Crippen LogP contribution in [0.3, 0.4) is 0 Å². The lowest BCUT2D eigenvalue weighted by Crippen LogP contribution is -2.24. The number of benzene rings is 2. The van der Waals surface area contributed by atoms with Crippen LogP contribution < -0.4 is 19.7 Å². The van der Waals surface area contributed by atoms with Crippen LogP contribution in [0.25, 0.3) is 0 Å². The Morgan fingerprint density at radius 1 is 1.22 bits per heavy atom. The second-order valence-corrected chi connectivity index (χ2v) is 5.90. The molecule has 2 aromatic carbocycles. The second kappa shape index (κ2) is 8.03. The molecule has 27 heavy (non-hydrogen) atoms. The molecule has 1 aliphatic heterocycles. The van der Waals surface area contributed by atoms with Crippen molar-refractivity contribution in [1.82, 2.24) is 0 Å². The van der Waals surface area contributed by atoms with Gasteiger partial charge in [-0.3, -0.25) is 9.59 Å². The Morgan fingerprint density at radius 2 is 2.04 bits per heavy atom. The molecule has 1 saturated heterocycles. The number of alkyl halides is 2. The third-order valence-electron chi connectivity index (χ3n) is 4.12. The average Bonchev–Trinajstić information content (AvgIpc) is 3.07. The minimum absolute atomic E-state index is 0.0286. The molecule has 0 aliphatic carbocycles. The molecule has 142 valence electrons. The van der Waals surface area contributed by atoms with Crippen molar-refractivity contribution in [2.45, 2.75) is 19.5 Å². The van der Waals surface area contributed by atoms with Gasteiger partial charge in [-0.1, -0.05) is 6.07 Å². The van der Waals surface area contributed by atoms with E-state index >= 15 is 0 Å². The van der Waals surface area contributed by atoms with E-state index in [4.69, 9.17) is 4.74 Å². The van der Waals surface area contributed by atoms with Gasteiger partial charge >= 0.3 is 6.61 Å². The predicted octanol–water partition coefficient (Wildman–Crippen LogP) is 3.68. The highest BCUT2D eigenvalue weighted by Crippen LogP contribution is 2.34. The quantitative estimate of drug-likeness (QED) is 0.835. The molecule has 6 nitrogen and oxygen atoms in total. The van der Waals surface area contributed by atoms with Crippen LogP contribution in [-0.2, 0) is 4.79 Å². The van der Waals surface area contributed by atoms with Crippen LogP contribution in [0, 0.1) is 0 Å². The van der Waals surface area contributed by atoms with E-state index in [1.54, 1.807) is 23.1 Å². The molecule has 1 N–H and O–H groups in total. The van der Waals surface area contributed by atoms with Gasteiger partial charge in [-0.25, -0.2) is 0 Å². The second-order valence-electron chi connectivity index (χ2n) is 5.90. The fraction of sp³-hybridized carbons (Fsp3) is 0.263. The number of carbonyl (C=O) groups is 2. The summed E-state index contributed by atoms with van der Waals surface area (Å²) in [6.07, 6.45) is 1.29. The van der Waals surface area contributed by atoms with E-state index in [9.17, 15) is 18.4 Å². The third kappa shape index (κ3) is 4.33. The number of hydrogen-bond donors (Lipinski definition) is 1. The molecule has 2 aromatic rings. The van der Waals surface area contributed by atoms with Crippen LogP contribution in [-0.4, -0.2) is 32.1 Å². The number of nitrogens with one attached hydrogen (secondary N) is 1. The zero-order chi connectivity index (χ0) is 19.4. The summed E-state index contributed by atoms with van der Waals surface area (Å²) in [5.41, 5.74) is 1.27. The lowest BCUT2D eigenvalue weighted by Gasteiger charge is -2.19. The zero-order valence-corrected chi connectivity index (χ0v) is 14.6. The molecular weight excluding hydrogens is 358 g/mol. The Bertz CT molecular complexity index is 857. The van der Waals surface area contributed by atoms with Gasteiger partial charge in [0.2, 0.25) is 5.91 Å². The van der Waals surface area contributed by atoms with Crippen molar-refractivity contribution in [1.29, 1.82) is 0 Å². The van der Waals surface area contributed by atoms with Crippen LogP contribution in [0.2, 0.25) is 0 Å². The predicted molar refractivity (Wildman–Crippen MR) is 95.6 cm³/mol. The first kappa shape index (κ1) is 18.6. The SMILES string of the molecule is COc1cc(NC(=O)c2cccc(OC(F)F)c2)ccc1N1CCCC1=O. The summed E-state index contributed by atoms with van der Waals surface area (Å²) >= 11 is 0. The van der Waals surface area contributed by atoms with Crippen molar-refractivity contribution in [3.05, 3.63) is 48.0 Å². The average molecular weight is 376 g/mol. The van der Waals surface area contributed by atoms with Gasteiger partial charge in [-0.2, -0.15) is 8.78 Å². The highest BCUT2D eigenvalue weighted by atomic mass is 19.3. The normalized spacial score (nSPS) is 13.8. The van der Waals surface area contributed by atoms with Crippen molar-refractivity contribution in [2.24, 2.45) is 0 Å². The van der Waals surface area contributed by atoms with Crippen LogP contribution in [0.15, 0.2) is 42.5 Å². The maximum absolute atomic E-state index is 12.4. The Morgan fingerprint density at radius 3 is 2.70 bits per heavy atom. The summed E-state index contributed by atoms with van der Waals surface area (Å²) < 4.78 is 34.3. The fourth-order valence-electron chi connectivity index (χ4n) is 2.90. The van der Waals surface area contributed by atoms with Crippen LogP contribution in [0.1, 0.15) is 23.2 Å². The largest absolute Gasteiger partial charge is 0.494 e. The first-order valence-corrected chi connectivity index (χ1v) is 8.32. The Balaban J connectivity index is 1.77. The number of nitrogens with zero attached hydrogens (tertiary/aromatic N) is 1. The smallest absolute Gasteiger partial charge is 0.387 e. The van der Waals surface area contributed by atoms with Gasteiger partial charge in [0.25, 0.3) is 5.91 Å². The van der Waals surface area contributed by atoms with Gasteiger partial charge in [-0.15, -0.1) is 0 Å². The van der Waals surface area contributed by atoms with Gasteiger partial charge < -0.3 is 19.7 Å². The number of carbonyl (C=O) groups excluding carboxylic acids is 2. The topological polar surface area (TPSA) is 67.9 Å². The molecule has 0 saturated carbocycles. The zero-order valence-electron chi connectivity index (χ0n) is 14.6. The summed E-state index contributed by atoms with van der Waals surface area (Å²) in [6.45, 7) is -2.34. The van der Waals surface area contributed by atoms with E-state index in [1.807, 2.05) is 0 Å². The first-order chi connectivity index (χ1) is 13.0. The molecule has 1 aliphatic rings. The van der Waals surface area contributed by atoms with Crippen LogP contribution >= 0.6 is 0 Å². The standard InChI is InChI=1S/C19H18F2N2O4/c1-26-16-11-13(7-8-15(16)23-9-3-6-17(23)24)22-18(25)12-4-2-5-14(10-12)27-19(20)21/h2,4-5,7-8,10-11,19H,3,6,9H2,1H3,(H,22,25). The van der Waals surface area contributed by atoms with Crippen LogP contribution in [0.5, 0.6) is 11.5 Å². The van der Waals surface area contributed by atoms with Gasteiger partial charge in [0.05, 0.1) is 12.8 Å². The number of ether oxygens (including phenoxy) is 2. The summed E-state index contributed by atoms with van der Waals surface area (Å²) in [5, 5.41) is 2.68. The highest BCUT2D eigenvalue weighted by molar-refractivity contribution is 6.05. The number of rotatable bonds is 6. The number of hydrogen-bond acceptors (Lipinski definition) is 4. The summed E-state index contributed by atoms with van der Waals surface area (Å²) in [6, 6.07) is 10.5. The monoisotopic (exact) mass is 376 g/mol. The van der Waals surface area contributed by atoms with E-state index < -0.39 is 12.5 Å². The van der Waals surface area contributed by atoms with Crippen molar-refractivity contribution in [2.75, 3.05) is 23.9 Å². The molecule has 0 aromatic heterocycles. The lowest BCUT2D eigenvalue weighted by molar-refractivity contribution is -0.117. The minimum atomic E-state index is -2.96. The number of amides is 2. The molecule has 0 atom stereocenters. The van der Waals surface area contributed by atoms with E-state index in [-0.39, 0.29) is 17.2 Å². The van der Waals surface area contributed by atoms with Crippen LogP contribution in [0.4, 0.5) is 20.2 Å². The molecule has 3 rings (SSSR count). The minimum Gasteiger partial charge on any atom is -0.494 e. The Labute approximate surface area is 154 Å². The lowest BCUT2D eigenvalue weighted by atomic mass is 10.2. The van der Waals surface area contributed by atoms with Crippen molar-refractivity contribution in [3.8, 4) is 11.5 Å². The molecule has 8 heteroatoms. The van der Waals surface area contributed by atoms with Gasteiger partial charge in [-0.05, 0) is 36.8 Å². The molecule has 2 amide bonds. The van der Waals surface area contributed by atoms with Gasteiger partial charge in [0.15, 0.2) is 0 Å². The van der Waals surface area contributed by atoms with Crippen molar-refractivity contribution < 1.29 is 27.8 Å². The fourth-order valence-corrected chi connectivity index (χ4v) is 2.90. The maximum atomic E-state index is 12.4. The molecule has 0 bridgehead atoms. The number of halogens is 2. The van der Waals surface area contributed by atoms with Gasteiger partial charge in [0, 0.05) is 30.3 Å². The van der Waals surface area contributed by atoms with E-state index in [1.165, 1.54) is 31.4 Å². The van der Waals surface area contributed by atoms with E-state index in [0.29, 0.717) is 30.1 Å². The Kier molecular flexibility index (Phi) is 5.54. The molecule has 1 heterocycles. The van der Waals surface area contributed by atoms with Crippen molar-refractivity contribution in [3.63, 3.8) is 0 Å². The number of methoxy groups -OCH3 is 1. The number of anilines is 2. The maximum Gasteiger partial charge on any atom is 0.387 e. The highest BCUT2D eigenvalue weighted by Gasteiger charge is 2.24. The molecular formula is C19H18F2N2O4. The molecule has 0 radical (unpaired) electrons. The van der Waals surface area contributed by atoms with Gasteiger partial charge in [0.1, 0.15) is 11.5 Å². The molecule has 1 fully saturated rings. The van der Waals surface area contributed by atoms with Crippen molar-refractivity contribution >= 4 is 23.2 Å². The summed E-state index contributed by atoms with van der Waals surface area (Å²) in [7, 11) is 1.48. The Hall–Kier alpha value is -3.16.